The van der Waals surface area contributed by atoms with E-state index in [1.807, 2.05) is 6.92 Å². The lowest BCUT2D eigenvalue weighted by molar-refractivity contribution is -0.142. The minimum atomic E-state index is -0.185. The molecule has 0 spiro atoms. The van der Waals surface area contributed by atoms with Crippen LogP contribution in [-0.2, 0) is 9.53 Å². The summed E-state index contributed by atoms with van der Waals surface area (Å²) in [4.78, 5) is 10.9. The van der Waals surface area contributed by atoms with Crippen molar-refractivity contribution in [2.45, 2.75) is 45.6 Å². The normalized spacial score (nSPS) is 12.5. The van der Waals surface area contributed by atoms with E-state index >= 15 is 0 Å². The number of nitrogens with one attached hydrogen (secondary N) is 1. The Kier molecular flexibility index (Phi) is 7.69. The number of esters is 1. The molecule has 0 radical (unpaired) electrons. The molecule has 13 heavy (non-hydrogen) atoms. The molecule has 0 rings (SSSR count). The first-order chi connectivity index (χ1) is 6.22. The molecular weight excluding hydrogens is 166 g/mol. The van der Waals surface area contributed by atoms with E-state index in [-0.39, 0.29) is 12.0 Å². The van der Waals surface area contributed by atoms with Crippen molar-refractivity contribution in [2.75, 3.05) is 13.7 Å². The topological polar surface area (TPSA) is 38.3 Å². The van der Waals surface area contributed by atoms with E-state index in [0.717, 1.165) is 13.0 Å². The predicted octanol–water partition coefficient (Wildman–Crippen LogP) is 1.72. The van der Waals surface area contributed by atoms with Crippen LogP contribution in [0, 0.1) is 0 Å². The summed E-state index contributed by atoms with van der Waals surface area (Å²) in [5.74, 6) is -0.185. The number of ether oxygens (including phenoxy) is 1. The summed E-state index contributed by atoms with van der Waals surface area (Å²) in [6.45, 7) is 4.91. The molecule has 0 aliphatic heterocycles. The monoisotopic (exact) mass is 187 g/mol. The summed E-state index contributed by atoms with van der Waals surface area (Å²) in [5.41, 5.74) is 0. The lowest BCUT2D eigenvalue weighted by atomic mass is 10.2. The van der Waals surface area contributed by atoms with Gasteiger partial charge in [0.2, 0.25) is 0 Å². The van der Waals surface area contributed by atoms with E-state index in [1.54, 1.807) is 0 Å². The van der Waals surface area contributed by atoms with Gasteiger partial charge >= 0.3 is 5.97 Å². The zero-order valence-corrected chi connectivity index (χ0v) is 8.93. The second-order valence-electron chi connectivity index (χ2n) is 3.26. The maximum Gasteiger partial charge on any atom is 0.322 e. The van der Waals surface area contributed by atoms with Crippen LogP contribution < -0.4 is 5.32 Å². The quantitative estimate of drug-likeness (QED) is 0.487. The number of hydrogen-bond acceptors (Lipinski definition) is 3. The molecule has 0 aromatic carbocycles. The van der Waals surface area contributed by atoms with Gasteiger partial charge in [0.25, 0.3) is 0 Å². The highest BCUT2D eigenvalue weighted by Gasteiger charge is 2.10. The number of hydrogen-bond donors (Lipinski definition) is 1. The van der Waals surface area contributed by atoms with Crippen molar-refractivity contribution < 1.29 is 9.53 Å². The first-order valence-corrected chi connectivity index (χ1v) is 5.03. The molecule has 0 heterocycles. The number of carbonyl (C=O) groups is 1. The van der Waals surface area contributed by atoms with Crippen molar-refractivity contribution in [1.82, 2.24) is 5.32 Å². The van der Waals surface area contributed by atoms with Gasteiger partial charge in [0, 0.05) is 0 Å². The van der Waals surface area contributed by atoms with Crippen molar-refractivity contribution in [3.05, 3.63) is 0 Å². The van der Waals surface area contributed by atoms with Gasteiger partial charge in [-0.2, -0.15) is 0 Å². The molecule has 0 saturated heterocycles. The van der Waals surface area contributed by atoms with E-state index in [0.29, 0.717) is 0 Å². The van der Waals surface area contributed by atoms with Crippen LogP contribution in [0.15, 0.2) is 0 Å². The van der Waals surface area contributed by atoms with Gasteiger partial charge in [-0.15, -0.1) is 0 Å². The zero-order chi connectivity index (χ0) is 10.1. The summed E-state index contributed by atoms with van der Waals surface area (Å²) in [7, 11) is 1.41. The molecule has 0 amide bonds. The van der Waals surface area contributed by atoms with E-state index in [9.17, 15) is 4.79 Å². The maximum atomic E-state index is 10.9. The molecule has 1 atom stereocenters. The Morgan fingerprint density at radius 1 is 1.38 bits per heavy atom. The van der Waals surface area contributed by atoms with Gasteiger partial charge in [0.1, 0.15) is 6.04 Å². The Balaban J connectivity index is 3.26. The fourth-order valence-corrected chi connectivity index (χ4v) is 1.13. The van der Waals surface area contributed by atoms with Crippen molar-refractivity contribution in [2.24, 2.45) is 0 Å². The molecule has 1 unspecified atom stereocenters. The molecule has 0 aliphatic rings. The van der Waals surface area contributed by atoms with Gasteiger partial charge in [0.05, 0.1) is 7.11 Å². The highest BCUT2D eigenvalue weighted by molar-refractivity contribution is 5.74. The van der Waals surface area contributed by atoms with Crippen LogP contribution in [0.1, 0.15) is 39.5 Å². The largest absolute Gasteiger partial charge is 0.468 e. The molecule has 0 saturated carbocycles. The third kappa shape index (κ3) is 6.58. The molecule has 0 bridgehead atoms. The first-order valence-electron chi connectivity index (χ1n) is 5.03. The van der Waals surface area contributed by atoms with Crippen LogP contribution in [0.4, 0.5) is 0 Å². The fraction of sp³-hybridized carbons (Fsp3) is 0.900. The minimum absolute atomic E-state index is 0.174. The van der Waals surface area contributed by atoms with Gasteiger partial charge in [-0.25, -0.2) is 0 Å². The van der Waals surface area contributed by atoms with E-state index in [2.05, 4.69) is 17.0 Å². The summed E-state index contributed by atoms with van der Waals surface area (Å²) >= 11 is 0. The Hall–Kier alpha value is -0.570. The number of unbranched alkanes of at least 4 members (excludes halogenated alkanes) is 3. The lowest BCUT2D eigenvalue weighted by Crippen LogP contribution is -2.35. The molecule has 3 heteroatoms. The predicted molar refractivity (Wildman–Crippen MR) is 53.6 cm³/mol. The van der Waals surface area contributed by atoms with Gasteiger partial charge < -0.3 is 10.1 Å². The van der Waals surface area contributed by atoms with Crippen molar-refractivity contribution >= 4 is 5.97 Å². The van der Waals surface area contributed by atoms with Crippen LogP contribution in [0.2, 0.25) is 0 Å². The fourth-order valence-electron chi connectivity index (χ4n) is 1.13. The smallest absolute Gasteiger partial charge is 0.322 e. The van der Waals surface area contributed by atoms with Crippen LogP contribution >= 0.6 is 0 Å². The minimum Gasteiger partial charge on any atom is -0.468 e. The summed E-state index contributed by atoms with van der Waals surface area (Å²) in [6, 6.07) is -0.174. The molecule has 1 N–H and O–H groups in total. The van der Waals surface area contributed by atoms with Gasteiger partial charge in [-0.3, -0.25) is 4.79 Å². The molecule has 0 fully saturated rings. The molecule has 3 nitrogen and oxygen atoms in total. The SMILES string of the molecule is CCCCCCNC(C)C(=O)OC. The third-order valence-electron chi connectivity index (χ3n) is 2.04. The van der Waals surface area contributed by atoms with Gasteiger partial charge in [-0.05, 0) is 19.9 Å². The Morgan fingerprint density at radius 2 is 2.08 bits per heavy atom. The van der Waals surface area contributed by atoms with E-state index < -0.39 is 0 Å². The average molecular weight is 187 g/mol. The molecule has 0 aliphatic carbocycles. The highest BCUT2D eigenvalue weighted by atomic mass is 16.5. The number of methoxy groups -OCH3 is 1. The maximum absolute atomic E-state index is 10.9. The molecule has 0 aromatic rings. The molecule has 78 valence electrons. The molecular formula is C10H21NO2. The molecule has 0 aromatic heterocycles. The van der Waals surface area contributed by atoms with E-state index in [1.165, 1.54) is 26.4 Å². The summed E-state index contributed by atoms with van der Waals surface area (Å²) < 4.78 is 4.59. The lowest BCUT2D eigenvalue weighted by Gasteiger charge is -2.10. The summed E-state index contributed by atoms with van der Waals surface area (Å²) in [5, 5.41) is 3.12. The highest BCUT2D eigenvalue weighted by Crippen LogP contribution is 1.97. The van der Waals surface area contributed by atoms with Crippen molar-refractivity contribution in [3.63, 3.8) is 0 Å². The second kappa shape index (κ2) is 8.05. The van der Waals surface area contributed by atoms with Crippen molar-refractivity contribution in [1.29, 1.82) is 0 Å². The second-order valence-corrected chi connectivity index (χ2v) is 3.26. The Morgan fingerprint density at radius 3 is 2.62 bits per heavy atom. The Bertz CT molecular complexity index is 137. The third-order valence-corrected chi connectivity index (χ3v) is 2.04. The van der Waals surface area contributed by atoms with Crippen LogP contribution in [0.3, 0.4) is 0 Å². The Labute approximate surface area is 80.8 Å². The van der Waals surface area contributed by atoms with Crippen LogP contribution in [-0.4, -0.2) is 25.7 Å². The zero-order valence-electron chi connectivity index (χ0n) is 8.93. The van der Waals surface area contributed by atoms with Gasteiger partial charge in [0.15, 0.2) is 0 Å². The number of carbonyl (C=O) groups excluding carboxylic acids is 1. The average Bonchev–Trinajstić information content (AvgIpc) is 2.16. The van der Waals surface area contributed by atoms with E-state index in [4.69, 9.17) is 0 Å². The van der Waals surface area contributed by atoms with Crippen LogP contribution in [0.25, 0.3) is 0 Å². The van der Waals surface area contributed by atoms with Crippen molar-refractivity contribution in [3.8, 4) is 0 Å². The standard InChI is InChI=1S/C10H21NO2/c1-4-5-6-7-8-11-9(2)10(12)13-3/h9,11H,4-8H2,1-3H3. The van der Waals surface area contributed by atoms with Gasteiger partial charge in [-0.1, -0.05) is 26.2 Å². The number of rotatable bonds is 7. The summed E-state index contributed by atoms with van der Waals surface area (Å²) in [6.07, 6.45) is 4.88. The first kappa shape index (κ1) is 12.4. The van der Waals surface area contributed by atoms with Crippen LogP contribution in [0.5, 0.6) is 0 Å².